The van der Waals surface area contributed by atoms with Gasteiger partial charge in [-0.2, -0.15) is 0 Å². The maximum absolute atomic E-state index is 13.9. The Balaban J connectivity index is 1.82. The van der Waals surface area contributed by atoms with Crippen LogP contribution >= 0.6 is 0 Å². The topological polar surface area (TPSA) is 105 Å². The van der Waals surface area contributed by atoms with Crippen LogP contribution in [0.1, 0.15) is 58.9 Å². The Morgan fingerprint density at radius 1 is 0.875 bits per heavy atom. The van der Waals surface area contributed by atoms with Gasteiger partial charge < -0.3 is 14.0 Å². The molecule has 0 saturated carbocycles. The first-order chi connectivity index (χ1) is 19.3. The molecule has 4 aromatic rings. The summed E-state index contributed by atoms with van der Waals surface area (Å²) in [5.41, 5.74) is 2.58. The number of esters is 2. The lowest BCUT2D eigenvalue weighted by molar-refractivity contribution is 0.0513. The molecule has 40 heavy (non-hydrogen) atoms. The van der Waals surface area contributed by atoms with Crippen molar-refractivity contribution in [1.82, 2.24) is 9.55 Å². The number of carbonyl (C=O) groups is 2. The van der Waals surface area contributed by atoms with E-state index >= 15 is 0 Å². The van der Waals surface area contributed by atoms with E-state index in [1.54, 1.807) is 41.8 Å². The van der Waals surface area contributed by atoms with Gasteiger partial charge in [0.1, 0.15) is 5.82 Å². The Morgan fingerprint density at radius 2 is 1.55 bits per heavy atom. The summed E-state index contributed by atoms with van der Waals surface area (Å²) in [6.45, 7) is 3.96. The lowest BCUT2D eigenvalue weighted by Crippen LogP contribution is -2.17. The highest BCUT2D eigenvalue weighted by atomic mass is 32.2. The van der Waals surface area contributed by atoms with Crippen molar-refractivity contribution >= 4 is 21.8 Å². The molecule has 0 fully saturated rings. The number of benzene rings is 3. The third-order valence-electron chi connectivity index (χ3n) is 6.47. The van der Waals surface area contributed by atoms with Gasteiger partial charge in [0.25, 0.3) is 0 Å². The van der Waals surface area contributed by atoms with Crippen LogP contribution in [0.4, 0.5) is 0 Å². The van der Waals surface area contributed by atoms with Crippen LogP contribution in [0.25, 0.3) is 11.1 Å². The van der Waals surface area contributed by atoms with Gasteiger partial charge in [-0.3, -0.25) is 0 Å². The van der Waals surface area contributed by atoms with Gasteiger partial charge in [-0.05, 0) is 48.2 Å². The molecule has 0 aliphatic heterocycles. The lowest BCUT2D eigenvalue weighted by Gasteiger charge is -2.14. The lowest BCUT2D eigenvalue weighted by atomic mass is 9.98. The number of nitrogens with zero attached hydrogens (tertiary/aromatic N) is 2. The largest absolute Gasteiger partial charge is 0.465 e. The van der Waals surface area contributed by atoms with E-state index in [1.165, 1.54) is 19.2 Å². The second kappa shape index (κ2) is 12.7. The number of carbonyl (C=O) groups excluding carboxylic acids is 2. The van der Waals surface area contributed by atoms with Crippen LogP contribution in [0.3, 0.4) is 0 Å². The molecule has 9 heteroatoms. The van der Waals surface area contributed by atoms with Gasteiger partial charge in [0.05, 0.1) is 30.7 Å². The normalized spacial score (nSPS) is 11.3. The average molecular weight is 561 g/mol. The zero-order chi connectivity index (χ0) is 28.7. The minimum atomic E-state index is -4.11. The van der Waals surface area contributed by atoms with E-state index in [-0.39, 0.29) is 28.8 Å². The Bertz CT molecular complexity index is 1590. The number of hydrogen-bond acceptors (Lipinski definition) is 7. The molecular formula is C31H32N2O6S. The standard InChI is InChI=1S/C31H32N2O6S/c1-4-6-16-27-32-28(31(35)39-5-2)29(40(36,37)24-12-8-7-9-13-24)33(27)21-22-17-19-23(20-18-22)25-14-10-11-15-26(25)30(34)38-3/h7-15,17-20H,4-6,16,21H2,1-3H3. The molecular weight excluding hydrogens is 528 g/mol. The summed E-state index contributed by atoms with van der Waals surface area (Å²) in [4.78, 5) is 29.8. The van der Waals surface area contributed by atoms with Gasteiger partial charge in [0.2, 0.25) is 9.84 Å². The molecule has 1 aromatic heterocycles. The monoisotopic (exact) mass is 560 g/mol. The highest BCUT2D eigenvalue weighted by molar-refractivity contribution is 7.91. The number of methoxy groups -OCH3 is 1. The molecule has 0 bridgehead atoms. The number of sulfone groups is 1. The molecule has 0 atom stereocenters. The second-order valence-corrected chi connectivity index (χ2v) is 11.0. The highest BCUT2D eigenvalue weighted by Crippen LogP contribution is 2.29. The van der Waals surface area contributed by atoms with Crippen molar-refractivity contribution in [2.45, 2.75) is 49.6 Å². The van der Waals surface area contributed by atoms with E-state index in [0.717, 1.165) is 29.5 Å². The molecule has 0 N–H and O–H groups in total. The SMILES string of the molecule is CCCCc1nc(C(=O)OCC)c(S(=O)(=O)c2ccccc2)n1Cc1ccc(-c2ccccc2C(=O)OC)cc1. The summed E-state index contributed by atoms with van der Waals surface area (Å²) in [7, 11) is -2.77. The van der Waals surface area contributed by atoms with E-state index in [1.807, 2.05) is 43.3 Å². The van der Waals surface area contributed by atoms with Crippen LogP contribution < -0.4 is 0 Å². The van der Waals surface area contributed by atoms with Crippen molar-refractivity contribution < 1.29 is 27.5 Å². The number of imidazole rings is 1. The molecule has 208 valence electrons. The Labute approximate surface area is 234 Å². The summed E-state index contributed by atoms with van der Waals surface area (Å²) >= 11 is 0. The zero-order valence-electron chi connectivity index (χ0n) is 22.8. The molecule has 0 amide bonds. The van der Waals surface area contributed by atoms with E-state index in [4.69, 9.17) is 9.47 Å². The maximum atomic E-state index is 13.9. The van der Waals surface area contributed by atoms with Crippen LogP contribution in [0.5, 0.6) is 0 Å². The van der Waals surface area contributed by atoms with Crippen LogP contribution in [0.2, 0.25) is 0 Å². The molecule has 0 radical (unpaired) electrons. The van der Waals surface area contributed by atoms with Crippen LogP contribution in [-0.4, -0.2) is 43.6 Å². The van der Waals surface area contributed by atoms with E-state index < -0.39 is 21.8 Å². The molecule has 1 heterocycles. The molecule has 3 aromatic carbocycles. The van der Waals surface area contributed by atoms with Crippen molar-refractivity contribution in [3.05, 3.63) is 102 Å². The Hall–Kier alpha value is -4.24. The third-order valence-corrected chi connectivity index (χ3v) is 8.28. The summed E-state index contributed by atoms with van der Waals surface area (Å²) in [5.74, 6) is -0.705. The number of hydrogen-bond donors (Lipinski definition) is 0. The Morgan fingerprint density at radius 3 is 2.20 bits per heavy atom. The minimum Gasteiger partial charge on any atom is -0.465 e. The highest BCUT2D eigenvalue weighted by Gasteiger charge is 2.33. The van der Waals surface area contributed by atoms with E-state index in [9.17, 15) is 18.0 Å². The summed E-state index contributed by atoms with van der Waals surface area (Å²) < 4.78 is 39.6. The first-order valence-electron chi connectivity index (χ1n) is 13.1. The van der Waals surface area contributed by atoms with Crippen molar-refractivity contribution in [3.63, 3.8) is 0 Å². The van der Waals surface area contributed by atoms with Gasteiger partial charge in [-0.25, -0.2) is 23.0 Å². The minimum absolute atomic E-state index is 0.0681. The maximum Gasteiger partial charge on any atom is 0.359 e. The van der Waals surface area contributed by atoms with Gasteiger partial charge in [0, 0.05) is 6.42 Å². The molecule has 0 saturated heterocycles. The van der Waals surface area contributed by atoms with Gasteiger partial charge in [0.15, 0.2) is 10.7 Å². The van der Waals surface area contributed by atoms with Crippen LogP contribution in [-0.2, 0) is 32.3 Å². The van der Waals surface area contributed by atoms with Crippen molar-refractivity contribution in [2.24, 2.45) is 0 Å². The predicted octanol–water partition coefficient (Wildman–Crippen LogP) is 5.74. The number of ether oxygens (including phenoxy) is 2. The fourth-order valence-electron chi connectivity index (χ4n) is 4.48. The summed E-state index contributed by atoms with van der Waals surface area (Å²) in [5, 5.41) is -0.177. The smallest absolute Gasteiger partial charge is 0.359 e. The molecule has 8 nitrogen and oxygen atoms in total. The van der Waals surface area contributed by atoms with Crippen LogP contribution in [0.15, 0.2) is 88.8 Å². The molecule has 4 rings (SSSR count). The predicted molar refractivity (Wildman–Crippen MR) is 151 cm³/mol. The molecule has 0 aliphatic rings. The fourth-order valence-corrected chi connectivity index (χ4v) is 6.06. The van der Waals surface area contributed by atoms with Crippen molar-refractivity contribution in [2.75, 3.05) is 13.7 Å². The number of aromatic nitrogens is 2. The van der Waals surface area contributed by atoms with E-state index in [0.29, 0.717) is 17.8 Å². The third kappa shape index (κ3) is 5.99. The quantitative estimate of drug-likeness (QED) is 0.216. The number of rotatable bonds is 11. The van der Waals surface area contributed by atoms with Crippen LogP contribution in [0, 0.1) is 0 Å². The molecule has 0 unspecified atom stereocenters. The first kappa shape index (κ1) is 28.8. The van der Waals surface area contributed by atoms with Crippen molar-refractivity contribution in [3.8, 4) is 11.1 Å². The summed E-state index contributed by atoms with van der Waals surface area (Å²) in [6.07, 6.45) is 2.14. The molecule has 0 spiro atoms. The van der Waals surface area contributed by atoms with Gasteiger partial charge in [-0.1, -0.05) is 74.0 Å². The molecule has 0 aliphatic carbocycles. The van der Waals surface area contributed by atoms with E-state index in [2.05, 4.69) is 4.98 Å². The second-order valence-electron chi connectivity index (χ2n) is 9.14. The van der Waals surface area contributed by atoms with Crippen molar-refractivity contribution in [1.29, 1.82) is 0 Å². The fraction of sp³-hybridized carbons (Fsp3) is 0.258. The Kier molecular flexibility index (Phi) is 9.16. The van der Waals surface area contributed by atoms with Gasteiger partial charge in [-0.15, -0.1) is 0 Å². The number of unbranched alkanes of at least 4 members (excludes halogenated alkanes) is 1. The average Bonchev–Trinajstić information content (AvgIpc) is 3.35. The summed E-state index contributed by atoms with van der Waals surface area (Å²) in [6, 6.07) is 22.7. The number of aryl methyl sites for hydroxylation is 1. The first-order valence-corrected chi connectivity index (χ1v) is 14.6. The van der Waals surface area contributed by atoms with Gasteiger partial charge >= 0.3 is 11.9 Å². The zero-order valence-corrected chi connectivity index (χ0v) is 23.6.